The summed E-state index contributed by atoms with van der Waals surface area (Å²) in [6.45, 7) is 2.81. The van der Waals surface area contributed by atoms with E-state index in [0.29, 0.717) is 5.91 Å². The van der Waals surface area contributed by atoms with Crippen molar-refractivity contribution in [1.82, 2.24) is 0 Å². The molecular weight excluding hydrogens is 366 g/mol. The molecule has 1 heterocycles. The lowest BCUT2D eigenvalue weighted by Crippen LogP contribution is -2.40. The Hall–Kier alpha value is -1.16. The highest BCUT2D eigenvalue weighted by Crippen LogP contribution is 2.33. The Labute approximate surface area is 152 Å². The van der Waals surface area contributed by atoms with Gasteiger partial charge in [0.2, 0.25) is 5.91 Å². The van der Waals surface area contributed by atoms with Crippen molar-refractivity contribution in [3.63, 3.8) is 0 Å². The first-order chi connectivity index (χ1) is 11.6. The third-order valence-electron chi connectivity index (χ3n) is 5.35. The molecule has 1 aromatic carbocycles. The lowest BCUT2D eigenvalue weighted by molar-refractivity contribution is -0.123. The van der Waals surface area contributed by atoms with Crippen LogP contribution in [0.25, 0.3) is 0 Å². The minimum atomic E-state index is -0.126. The molecule has 0 radical (unpaired) electrons. The monoisotopic (exact) mass is 391 g/mol. The first-order valence-electron chi connectivity index (χ1n) is 9.24. The number of aryl methyl sites for hydroxylation is 1. The van der Waals surface area contributed by atoms with Gasteiger partial charge in [-0.15, -0.1) is 0 Å². The highest BCUT2D eigenvalue weighted by Gasteiger charge is 2.30. The summed E-state index contributed by atoms with van der Waals surface area (Å²) in [6.07, 6.45) is 8.38. The number of benzene rings is 1. The second-order valence-electron chi connectivity index (χ2n) is 7.01. The van der Waals surface area contributed by atoms with Gasteiger partial charge in [-0.3, -0.25) is 9.59 Å². The molecule has 1 aliphatic heterocycles. The summed E-state index contributed by atoms with van der Waals surface area (Å²) in [5, 5.41) is 0. The number of fused-ring (bicyclic) bond motifs is 1. The van der Waals surface area contributed by atoms with Gasteiger partial charge >= 0.3 is 0 Å². The summed E-state index contributed by atoms with van der Waals surface area (Å²) < 4.78 is 0. The van der Waals surface area contributed by atoms with Gasteiger partial charge in [0, 0.05) is 23.7 Å². The summed E-state index contributed by atoms with van der Waals surface area (Å²) >= 11 is 3.45. The molecule has 1 saturated carbocycles. The van der Waals surface area contributed by atoms with Crippen LogP contribution in [0.15, 0.2) is 18.2 Å². The molecule has 2 aliphatic rings. The first-order valence-corrected chi connectivity index (χ1v) is 10.2. The molecule has 24 heavy (non-hydrogen) atoms. The Kier molecular flexibility index (Phi) is 5.75. The molecule has 0 aromatic heterocycles. The van der Waals surface area contributed by atoms with Crippen LogP contribution in [0.4, 0.5) is 5.69 Å². The van der Waals surface area contributed by atoms with Crippen molar-refractivity contribution in [2.24, 2.45) is 5.92 Å². The van der Waals surface area contributed by atoms with Crippen LogP contribution in [-0.2, 0) is 11.2 Å². The van der Waals surface area contributed by atoms with E-state index in [9.17, 15) is 9.59 Å². The van der Waals surface area contributed by atoms with E-state index in [0.717, 1.165) is 55.5 Å². The van der Waals surface area contributed by atoms with E-state index in [2.05, 4.69) is 15.9 Å². The van der Waals surface area contributed by atoms with Crippen molar-refractivity contribution in [1.29, 1.82) is 0 Å². The molecule has 3 rings (SSSR count). The highest BCUT2D eigenvalue weighted by molar-refractivity contribution is 9.10. The zero-order chi connectivity index (χ0) is 17.1. The van der Waals surface area contributed by atoms with Crippen molar-refractivity contribution in [2.45, 2.75) is 63.1 Å². The lowest BCUT2D eigenvalue weighted by atomic mass is 9.87. The quantitative estimate of drug-likeness (QED) is 0.540. The normalized spacial score (nSPS) is 19.7. The Bertz CT molecular complexity index is 622. The topological polar surface area (TPSA) is 37.4 Å². The molecule has 0 saturated heterocycles. The van der Waals surface area contributed by atoms with Gasteiger partial charge in [-0.2, -0.15) is 0 Å². The van der Waals surface area contributed by atoms with E-state index >= 15 is 0 Å². The van der Waals surface area contributed by atoms with E-state index in [1.807, 2.05) is 30.0 Å². The van der Waals surface area contributed by atoms with Crippen molar-refractivity contribution in [3.8, 4) is 0 Å². The number of alkyl halides is 1. The van der Waals surface area contributed by atoms with Gasteiger partial charge in [0.25, 0.3) is 0 Å². The molecule has 1 unspecified atom stereocenters. The number of amides is 1. The molecule has 4 heteroatoms. The number of hydrogen-bond acceptors (Lipinski definition) is 2. The number of anilines is 1. The average Bonchev–Trinajstić information content (AvgIpc) is 2.65. The minimum Gasteiger partial charge on any atom is -0.312 e. The number of rotatable bonds is 4. The zero-order valence-corrected chi connectivity index (χ0v) is 16.0. The zero-order valence-electron chi connectivity index (χ0n) is 14.4. The van der Waals surface area contributed by atoms with Crippen LogP contribution in [0.5, 0.6) is 0 Å². The maximum atomic E-state index is 12.9. The van der Waals surface area contributed by atoms with Crippen LogP contribution in [0.2, 0.25) is 0 Å². The molecule has 1 fully saturated rings. The molecule has 1 aromatic rings. The molecule has 0 spiro atoms. The Morgan fingerprint density at radius 3 is 2.67 bits per heavy atom. The number of carbonyl (C=O) groups excluding carboxylic acids is 2. The predicted octanol–water partition coefficient (Wildman–Crippen LogP) is 4.90. The fourth-order valence-electron chi connectivity index (χ4n) is 3.92. The van der Waals surface area contributed by atoms with Crippen LogP contribution in [-0.4, -0.2) is 23.1 Å². The fourth-order valence-corrected chi connectivity index (χ4v) is 4.18. The summed E-state index contributed by atoms with van der Waals surface area (Å²) in [5.41, 5.74) is 2.92. The van der Waals surface area contributed by atoms with E-state index in [1.165, 1.54) is 19.3 Å². The number of nitrogens with zero attached hydrogens (tertiary/aromatic N) is 1. The van der Waals surface area contributed by atoms with Crippen molar-refractivity contribution in [2.75, 3.05) is 11.4 Å². The van der Waals surface area contributed by atoms with Crippen LogP contribution in [0.3, 0.4) is 0 Å². The Morgan fingerprint density at radius 1 is 1.21 bits per heavy atom. The first kappa shape index (κ1) is 17.7. The van der Waals surface area contributed by atoms with Gasteiger partial charge < -0.3 is 4.90 Å². The standard InChI is InChI=1S/C20H26BrNO2/c1-2-17(21)19(23)16-10-11-18-15(13-16)9-6-12-22(18)20(24)14-7-4-3-5-8-14/h10-11,13-14,17H,2-9,12H2,1H3. The Balaban J connectivity index is 1.83. The van der Waals surface area contributed by atoms with E-state index in [1.54, 1.807) is 0 Å². The van der Waals surface area contributed by atoms with E-state index in [-0.39, 0.29) is 16.5 Å². The van der Waals surface area contributed by atoms with Gasteiger partial charge in [-0.1, -0.05) is 42.1 Å². The van der Waals surface area contributed by atoms with Crippen LogP contribution in [0.1, 0.15) is 67.8 Å². The summed E-state index contributed by atoms with van der Waals surface area (Å²) in [4.78, 5) is 27.2. The molecule has 1 aliphatic carbocycles. The SMILES string of the molecule is CCC(Br)C(=O)c1ccc2c(c1)CCCN2C(=O)C1CCCCC1. The molecule has 0 bridgehead atoms. The van der Waals surface area contributed by atoms with Crippen LogP contribution < -0.4 is 4.90 Å². The third-order valence-corrected chi connectivity index (χ3v) is 6.41. The number of hydrogen-bond donors (Lipinski definition) is 0. The van der Waals surface area contributed by atoms with E-state index < -0.39 is 0 Å². The Morgan fingerprint density at radius 2 is 1.96 bits per heavy atom. The predicted molar refractivity (Wildman–Crippen MR) is 101 cm³/mol. The molecular formula is C20H26BrNO2. The lowest BCUT2D eigenvalue weighted by Gasteiger charge is -2.34. The molecule has 130 valence electrons. The van der Waals surface area contributed by atoms with Gasteiger partial charge in [0.05, 0.1) is 4.83 Å². The van der Waals surface area contributed by atoms with Crippen molar-refractivity contribution in [3.05, 3.63) is 29.3 Å². The number of halogens is 1. The fraction of sp³-hybridized carbons (Fsp3) is 0.600. The van der Waals surface area contributed by atoms with Gasteiger partial charge in [-0.25, -0.2) is 0 Å². The summed E-state index contributed by atoms with van der Waals surface area (Å²) in [5.74, 6) is 0.621. The maximum Gasteiger partial charge on any atom is 0.230 e. The molecule has 3 nitrogen and oxygen atoms in total. The van der Waals surface area contributed by atoms with Crippen molar-refractivity contribution >= 4 is 33.3 Å². The molecule has 1 atom stereocenters. The summed E-state index contributed by atoms with van der Waals surface area (Å²) in [6, 6.07) is 5.87. The average molecular weight is 392 g/mol. The number of ketones is 1. The third kappa shape index (κ3) is 3.58. The van der Waals surface area contributed by atoms with Gasteiger partial charge in [0.15, 0.2) is 5.78 Å². The second-order valence-corrected chi connectivity index (χ2v) is 8.12. The van der Waals surface area contributed by atoms with E-state index in [4.69, 9.17) is 0 Å². The summed E-state index contributed by atoms with van der Waals surface area (Å²) in [7, 11) is 0. The largest absolute Gasteiger partial charge is 0.312 e. The van der Waals surface area contributed by atoms with Gasteiger partial charge in [0.1, 0.15) is 0 Å². The molecule has 1 amide bonds. The molecule has 0 N–H and O–H groups in total. The smallest absolute Gasteiger partial charge is 0.230 e. The van der Waals surface area contributed by atoms with Crippen LogP contribution in [0, 0.1) is 5.92 Å². The highest BCUT2D eigenvalue weighted by atomic mass is 79.9. The van der Waals surface area contributed by atoms with Gasteiger partial charge in [-0.05, 0) is 55.9 Å². The van der Waals surface area contributed by atoms with Crippen molar-refractivity contribution < 1.29 is 9.59 Å². The maximum absolute atomic E-state index is 12.9. The number of Topliss-reactive ketones (excluding diaryl/α,β-unsaturated/α-hetero) is 1. The second kappa shape index (κ2) is 7.81. The number of carbonyl (C=O) groups is 2. The minimum absolute atomic E-state index is 0.126. The van der Waals surface area contributed by atoms with Crippen LogP contribution >= 0.6 is 15.9 Å².